The van der Waals surface area contributed by atoms with Crippen molar-refractivity contribution in [3.8, 4) is 0 Å². The van der Waals surface area contributed by atoms with Gasteiger partial charge in [0.25, 0.3) is 5.91 Å². The van der Waals surface area contributed by atoms with Gasteiger partial charge < -0.3 is 16.0 Å². The molecule has 0 saturated heterocycles. The SMILES string of the molecule is Cc1nc(Nc2ccc(NC(=O)c3ccc(Br)cc3)cc2)cc(Nc2ccccn2)n1. The summed E-state index contributed by atoms with van der Waals surface area (Å²) in [5.41, 5.74) is 2.13. The van der Waals surface area contributed by atoms with Gasteiger partial charge in [-0.2, -0.15) is 0 Å². The highest BCUT2D eigenvalue weighted by atomic mass is 79.9. The summed E-state index contributed by atoms with van der Waals surface area (Å²) >= 11 is 3.37. The van der Waals surface area contributed by atoms with E-state index < -0.39 is 0 Å². The molecule has 0 bridgehead atoms. The van der Waals surface area contributed by atoms with Crippen molar-refractivity contribution in [2.75, 3.05) is 16.0 Å². The lowest BCUT2D eigenvalue weighted by Gasteiger charge is -2.11. The van der Waals surface area contributed by atoms with Crippen molar-refractivity contribution in [3.63, 3.8) is 0 Å². The molecule has 1 amide bonds. The monoisotopic (exact) mass is 474 g/mol. The lowest BCUT2D eigenvalue weighted by molar-refractivity contribution is 0.102. The number of carbonyl (C=O) groups excluding carboxylic acids is 1. The number of rotatable bonds is 6. The van der Waals surface area contributed by atoms with Crippen LogP contribution in [0.5, 0.6) is 0 Å². The number of nitrogens with zero attached hydrogens (tertiary/aromatic N) is 3. The van der Waals surface area contributed by atoms with Crippen LogP contribution in [0.3, 0.4) is 0 Å². The lowest BCUT2D eigenvalue weighted by atomic mass is 10.2. The van der Waals surface area contributed by atoms with Gasteiger partial charge in [0, 0.05) is 33.7 Å². The number of aryl methyl sites for hydroxylation is 1. The van der Waals surface area contributed by atoms with E-state index in [4.69, 9.17) is 0 Å². The summed E-state index contributed by atoms with van der Waals surface area (Å²) in [5, 5.41) is 9.32. The Hall–Kier alpha value is -3.78. The Bertz CT molecular complexity index is 1180. The summed E-state index contributed by atoms with van der Waals surface area (Å²) in [6.07, 6.45) is 1.71. The molecule has 0 aliphatic carbocycles. The predicted molar refractivity (Wildman–Crippen MR) is 126 cm³/mol. The van der Waals surface area contributed by atoms with E-state index in [1.165, 1.54) is 0 Å². The van der Waals surface area contributed by atoms with Crippen LogP contribution >= 0.6 is 15.9 Å². The normalized spacial score (nSPS) is 10.4. The highest BCUT2D eigenvalue weighted by molar-refractivity contribution is 9.10. The van der Waals surface area contributed by atoms with Gasteiger partial charge in [-0.05, 0) is 67.6 Å². The Morgan fingerprint density at radius 1 is 0.806 bits per heavy atom. The maximum absolute atomic E-state index is 12.4. The fourth-order valence-electron chi connectivity index (χ4n) is 2.85. The van der Waals surface area contributed by atoms with Crippen molar-refractivity contribution in [3.05, 3.63) is 94.9 Å². The summed E-state index contributed by atoms with van der Waals surface area (Å²) in [6.45, 7) is 1.83. The molecule has 0 aliphatic heterocycles. The Labute approximate surface area is 188 Å². The maximum atomic E-state index is 12.4. The van der Waals surface area contributed by atoms with Crippen LogP contribution in [0.1, 0.15) is 16.2 Å². The van der Waals surface area contributed by atoms with E-state index in [-0.39, 0.29) is 5.91 Å². The average Bonchev–Trinajstić information content (AvgIpc) is 2.76. The molecule has 0 radical (unpaired) electrons. The van der Waals surface area contributed by atoms with Crippen molar-refractivity contribution >= 4 is 50.7 Å². The van der Waals surface area contributed by atoms with Crippen LogP contribution in [0.2, 0.25) is 0 Å². The first-order valence-electron chi connectivity index (χ1n) is 9.53. The number of pyridine rings is 1. The summed E-state index contributed by atoms with van der Waals surface area (Å²) in [4.78, 5) is 25.4. The number of anilines is 5. The average molecular weight is 475 g/mol. The molecule has 0 aliphatic rings. The Morgan fingerprint density at radius 2 is 1.48 bits per heavy atom. The van der Waals surface area contributed by atoms with Gasteiger partial charge in [0.05, 0.1) is 0 Å². The summed E-state index contributed by atoms with van der Waals surface area (Å²) in [7, 11) is 0. The van der Waals surface area contributed by atoms with Gasteiger partial charge in [0.1, 0.15) is 23.3 Å². The molecular weight excluding hydrogens is 456 g/mol. The van der Waals surface area contributed by atoms with Crippen molar-refractivity contribution in [2.24, 2.45) is 0 Å². The number of nitrogens with one attached hydrogen (secondary N) is 3. The Kier molecular flexibility index (Phi) is 6.18. The smallest absolute Gasteiger partial charge is 0.255 e. The van der Waals surface area contributed by atoms with Crippen LogP contribution < -0.4 is 16.0 Å². The minimum atomic E-state index is -0.162. The first-order chi connectivity index (χ1) is 15.0. The quantitative estimate of drug-likeness (QED) is 0.332. The number of carbonyl (C=O) groups is 1. The lowest BCUT2D eigenvalue weighted by Crippen LogP contribution is -2.11. The van der Waals surface area contributed by atoms with Crippen LogP contribution in [-0.4, -0.2) is 20.9 Å². The summed E-state index contributed by atoms with van der Waals surface area (Å²) in [6, 6.07) is 22.1. The maximum Gasteiger partial charge on any atom is 0.255 e. The minimum Gasteiger partial charge on any atom is -0.340 e. The molecule has 8 heteroatoms. The van der Waals surface area contributed by atoms with Gasteiger partial charge >= 0.3 is 0 Å². The molecule has 2 aromatic carbocycles. The van der Waals surface area contributed by atoms with Crippen molar-refractivity contribution in [2.45, 2.75) is 6.92 Å². The zero-order valence-corrected chi connectivity index (χ0v) is 18.2. The second-order valence-electron chi connectivity index (χ2n) is 6.69. The Balaban J connectivity index is 1.43. The number of hydrogen-bond acceptors (Lipinski definition) is 6. The van der Waals surface area contributed by atoms with E-state index in [2.05, 4.69) is 46.8 Å². The molecule has 7 nitrogen and oxygen atoms in total. The highest BCUT2D eigenvalue weighted by Crippen LogP contribution is 2.21. The van der Waals surface area contributed by atoms with Crippen molar-refractivity contribution < 1.29 is 4.79 Å². The zero-order valence-electron chi connectivity index (χ0n) is 16.6. The fraction of sp³-hybridized carbons (Fsp3) is 0.0435. The first kappa shape index (κ1) is 20.5. The molecule has 31 heavy (non-hydrogen) atoms. The van der Waals surface area contributed by atoms with Crippen molar-refractivity contribution in [1.82, 2.24) is 15.0 Å². The molecule has 0 unspecified atom stereocenters. The van der Waals surface area contributed by atoms with E-state index >= 15 is 0 Å². The standard InChI is InChI=1S/C23H19BrN6O/c1-15-26-21(14-22(27-15)30-20-4-2-3-13-25-20)28-18-9-11-19(12-10-18)29-23(31)16-5-7-17(24)8-6-16/h2-14H,1H3,(H,29,31)(H2,25,26,27,28,30). The minimum absolute atomic E-state index is 0.162. The molecule has 2 heterocycles. The molecule has 154 valence electrons. The van der Waals surface area contributed by atoms with E-state index in [0.29, 0.717) is 34.5 Å². The van der Waals surface area contributed by atoms with Crippen LogP contribution in [0.4, 0.5) is 28.8 Å². The third-order valence-electron chi connectivity index (χ3n) is 4.28. The van der Waals surface area contributed by atoms with Gasteiger partial charge in [-0.15, -0.1) is 0 Å². The first-order valence-corrected chi connectivity index (χ1v) is 10.3. The van der Waals surface area contributed by atoms with Gasteiger partial charge in [-0.25, -0.2) is 15.0 Å². The largest absolute Gasteiger partial charge is 0.340 e. The topological polar surface area (TPSA) is 91.8 Å². The van der Waals surface area contributed by atoms with E-state index in [9.17, 15) is 4.79 Å². The summed E-state index contributed by atoms with van der Waals surface area (Å²) < 4.78 is 0.929. The molecule has 4 rings (SSSR count). The fourth-order valence-corrected chi connectivity index (χ4v) is 3.12. The number of benzene rings is 2. The molecule has 0 fully saturated rings. The molecule has 2 aromatic heterocycles. The molecular formula is C23H19BrN6O. The number of halogens is 1. The Morgan fingerprint density at radius 3 is 2.16 bits per heavy atom. The highest BCUT2D eigenvalue weighted by Gasteiger charge is 2.07. The second-order valence-corrected chi connectivity index (χ2v) is 7.60. The van der Waals surface area contributed by atoms with E-state index in [0.717, 1.165) is 10.2 Å². The van der Waals surface area contributed by atoms with Gasteiger partial charge in [-0.1, -0.05) is 22.0 Å². The number of amides is 1. The second kappa shape index (κ2) is 9.36. The van der Waals surface area contributed by atoms with Crippen LogP contribution in [0, 0.1) is 6.92 Å². The third-order valence-corrected chi connectivity index (χ3v) is 4.81. The molecule has 0 saturated carbocycles. The van der Waals surface area contributed by atoms with Gasteiger partial charge in [-0.3, -0.25) is 4.79 Å². The predicted octanol–water partition coefficient (Wildman–Crippen LogP) is 5.68. The van der Waals surface area contributed by atoms with Crippen LogP contribution in [0.25, 0.3) is 0 Å². The van der Waals surface area contributed by atoms with E-state index in [1.807, 2.05) is 67.6 Å². The molecule has 0 atom stereocenters. The number of hydrogen-bond donors (Lipinski definition) is 3. The van der Waals surface area contributed by atoms with Gasteiger partial charge in [0.15, 0.2) is 0 Å². The van der Waals surface area contributed by atoms with Crippen LogP contribution in [-0.2, 0) is 0 Å². The third kappa shape index (κ3) is 5.64. The van der Waals surface area contributed by atoms with Crippen LogP contribution in [0.15, 0.2) is 83.5 Å². The molecule has 3 N–H and O–H groups in total. The zero-order chi connectivity index (χ0) is 21.6. The summed E-state index contributed by atoms with van der Waals surface area (Å²) in [5.74, 6) is 2.47. The van der Waals surface area contributed by atoms with Gasteiger partial charge in [0.2, 0.25) is 0 Å². The van der Waals surface area contributed by atoms with Crippen molar-refractivity contribution in [1.29, 1.82) is 0 Å². The molecule has 0 spiro atoms. The van der Waals surface area contributed by atoms with E-state index in [1.54, 1.807) is 18.3 Å². The number of aromatic nitrogens is 3. The molecule has 4 aromatic rings.